The molecule has 0 amide bonds. The molecular formula is C14H28N2. The Morgan fingerprint density at radius 1 is 0.938 bits per heavy atom. The van der Waals surface area contributed by atoms with Crippen LogP contribution in [0, 0.1) is 11.8 Å². The van der Waals surface area contributed by atoms with Gasteiger partial charge >= 0.3 is 0 Å². The van der Waals surface area contributed by atoms with Gasteiger partial charge in [0, 0.05) is 19.1 Å². The zero-order valence-electron chi connectivity index (χ0n) is 10.8. The maximum atomic E-state index is 3.71. The molecular weight excluding hydrogens is 196 g/mol. The molecule has 2 heteroatoms. The first-order chi connectivity index (χ1) is 7.84. The normalized spacial score (nSPS) is 31.3. The monoisotopic (exact) mass is 224 g/mol. The van der Waals surface area contributed by atoms with E-state index >= 15 is 0 Å². The Hall–Kier alpha value is -0.0800. The molecule has 2 fully saturated rings. The van der Waals surface area contributed by atoms with Crippen molar-refractivity contribution in [1.82, 2.24) is 10.6 Å². The van der Waals surface area contributed by atoms with Crippen molar-refractivity contribution in [3.63, 3.8) is 0 Å². The Bertz CT molecular complexity index is 189. The van der Waals surface area contributed by atoms with Gasteiger partial charge in [0.15, 0.2) is 0 Å². The molecule has 2 unspecified atom stereocenters. The van der Waals surface area contributed by atoms with Crippen LogP contribution in [0.3, 0.4) is 0 Å². The summed E-state index contributed by atoms with van der Waals surface area (Å²) in [5.41, 5.74) is 0. The van der Waals surface area contributed by atoms with E-state index in [1.54, 1.807) is 0 Å². The zero-order chi connectivity index (χ0) is 11.2. The van der Waals surface area contributed by atoms with Crippen molar-refractivity contribution in [2.75, 3.05) is 19.6 Å². The summed E-state index contributed by atoms with van der Waals surface area (Å²) in [6, 6.07) is 0.799. The Kier molecular flexibility index (Phi) is 5.11. The summed E-state index contributed by atoms with van der Waals surface area (Å²) in [5.74, 6) is 1.97. The molecule has 0 bridgehead atoms. The van der Waals surface area contributed by atoms with Gasteiger partial charge in [0.05, 0.1) is 0 Å². The summed E-state index contributed by atoms with van der Waals surface area (Å²) >= 11 is 0. The zero-order valence-corrected chi connectivity index (χ0v) is 10.8. The van der Waals surface area contributed by atoms with Gasteiger partial charge in [-0.25, -0.2) is 0 Å². The van der Waals surface area contributed by atoms with E-state index in [4.69, 9.17) is 0 Å². The third kappa shape index (κ3) is 4.84. The Balaban J connectivity index is 1.47. The second-order valence-electron chi connectivity index (χ2n) is 5.91. The molecule has 0 heterocycles. The summed E-state index contributed by atoms with van der Waals surface area (Å²) < 4.78 is 0. The van der Waals surface area contributed by atoms with Gasteiger partial charge in [0.2, 0.25) is 0 Å². The maximum Gasteiger partial charge on any atom is 0.00793 e. The van der Waals surface area contributed by atoms with E-state index in [1.807, 2.05) is 0 Å². The van der Waals surface area contributed by atoms with E-state index in [0.29, 0.717) is 0 Å². The Labute approximate surface area is 101 Å². The second-order valence-corrected chi connectivity index (χ2v) is 5.91. The first kappa shape index (κ1) is 12.4. The minimum absolute atomic E-state index is 0.799. The largest absolute Gasteiger partial charge is 0.315 e. The molecule has 16 heavy (non-hydrogen) atoms. The first-order valence-corrected chi connectivity index (χ1v) is 7.28. The van der Waals surface area contributed by atoms with Crippen LogP contribution in [0.25, 0.3) is 0 Å². The van der Waals surface area contributed by atoms with Gasteiger partial charge in [0.25, 0.3) is 0 Å². The lowest BCUT2D eigenvalue weighted by atomic mass is 10.0. The predicted molar refractivity (Wildman–Crippen MR) is 69.6 cm³/mol. The van der Waals surface area contributed by atoms with E-state index in [1.165, 1.54) is 51.5 Å². The molecule has 94 valence electrons. The molecule has 2 nitrogen and oxygen atoms in total. The quantitative estimate of drug-likeness (QED) is 0.535. The average Bonchev–Trinajstić information content (AvgIpc) is 3.07. The molecule has 0 radical (unpaired) electrons. The van der Waals surface area contributed by atoms with Gasteiger partial charge in [-0.3, -0.25) is 0 Å². The molecule has 2 aliphatic carbocycles. The smallest absolute Gasteiger partial charge is 0.00793 e. The van der Waals surface area contributed by atoms with E-state index in [2.05, 4.69) is 17.6 Å². The third-order valence-electron chi connectivity index (χ3n) is 4.12. The summed E-state index contributed by atoms with van der Waals surface area (Å²) in [6.45, 7) is 5.97. The SMILES string of the molecule is CC1CCCC(NCCNCC2CC2)CC1. The lowest BCUT2D eigenvalue weighted by Crippen LogP contribution is -2.35. The molecule has 2 N–H and O–H groups in total. The minimum atomic E-state index is 0.799. The molecule has 2 atom stereocenters. The Morgan fingerprint density at radius 2 is 1.81 bits per heavy atom. The van der Waals surface area contributed by atoms with Crippen LogP contribution in [-0.2, 0) is 0 Å². The van der Waals surface area contributed by atoms with Gasteiger partial charge in [0.1, 0.15) is 0 Å². The lowest BCUT2D eigenvalue weighted by molar-refractivity contribution is 0.442. The van der Waals surface area contributed by atoms with Crippen molar-refractivity contribution in [2.24, 2.45) is 11.8 Å². The van der Waals surface area contributed by atoms with Crippen molar-refractivity contribution in [2.45, 2.75) is 57.9 Å². The summed E-state index contributed by atoms with van der Waals surface area (Å²) in [7, 11) is 0. The highest BCUT2D eigenvalue weighted by Gasteiger charge is 2.20. The highest BCUT2D eigenvalue weighted by Crippen LogP contribution is 2.27. The van der Waals surface area contributed by atoms with Crippen LogP contribution < -0.4 is 10.6 Å². The van der Waals surface area contributed by atoms with Crippen LogP contribution in [0.4, 0.5) is 0 Å². The van der Waals surface area contributed by atoms with Crippen LogP contribution in [0.2, 0.25) is 0 Å². The van der Waals surface area contributed by atoms with Gasteiger partial charge in [-0.15, -0.1) is 0 Å². The standard InChI is InChI=1S/C14H28N2/c1-12-3-2-4-14(8-5-12)16-10-9-15-11-13-6-7-13/h12-16H,2-11H2,1H3. The molecule has 2 rings (SSSR count). The van der Waals surface area contributed by atoms with Crippen molar-refractivity contribution in [1.29, 1.82) is 0 Å². The summed E-state index contributed by atoms with van der Waals surface area (Å²) in [5, 5.41) is 7.26. The van der Waals surface area contributed by atoms with E-state index in [-0.39, 0.29) is 0 Å². The van der Waals surface area contributed by atoms with Crippen LogP contribution in [0.1, 0.15) is 51.9 Å². The van der Waals surface area contributed by atoms with Crippen LogP contribution in [0.15, 0.2) is 0 Å². The third-order valence-corrected chi connectivity index (χ3v) is 4.12. The number of hydrogen-bond acceptors (Lipinski definition) is 2. The maximum absolute atomic E-state index is 3.71. The van der Waals surface area contributed by atoms with E-state index in [9.17, 15) is 0 Å². The predicted octanol–water partition coefficient (Wildman–Crippen LogP) is 2.54. The number of rotatable bonds is 6. The van der Waals surface area contributed by atoms with E-state index < -0.39 is 0 Å². The van der Waals surface area contributed by atoms with Gasteiger partial charge in [-0.2, -0.15) is 0 Å². The molecule has 0 saturated heterocycles. The van der Waals surface area contributed by atoms with Crippen LogP contribution in [-0.4, -0.2) is 25.7 Å². The molecule has 0 aromatic rings. The van der Waals surface area contributed by atoms with Crippen LogP contribution >= 0.6 is 0 Å². The molecule has 0 aromatic carbocycles. The second kappa shape index (κ2) is 6.61. The van der Waals surface area contributed by atoms with Gasteiger partial charge < -0.3 is 10.6 Å². The highest BCUT2D eigenvalue weighted by molar-refractivity contribution is 4.76. The molecule has 2 aliphatic rings. The summed E-state index contributed by atoms with van der Waals surface area (Å²) in [6.07, 6.45) is 10.00. The number of nitrogens with one attached hydrogen (secondary N) is 2. The lowest BCUT2D eigenvalue weighted by Gasteiger charge is -2.16. The fraction of sp³-hybridized carbons (Fsp3) is 1.00. The van der Waals surface area contributed by atoms with Crippen molar-refractivity contribution in [3.8, 4) is 0 Å². The summed E-state index contributed by atoms with van der Waals surface area (Å²) in [4.78, 5) is 0. The molecule has 0 aliphatic heterocycles. The molecule has 2 saturated carbocycles. The van der Waals surface area contributed by atoms with Gasteiger partial charge in [-0.1, -0.05) is 19.8 Å². The van der Waals surface area contributed by atoms with Crippen molar-refractivity contribution < 1.29 is 0 Å². The fourth-order valence-corrected chi connectivity index (χ4v) is 2.68. The van der Waals surface area contributed by atoms with Gasteiger partial charge in [-0.05, 0) is 50.5 Å². The van der Waals surface area contributed by atoms with Crippen LogP contribution in [0.5, 0.6) is 0 Å². The number of hydrogen-bond donors (Lipinski definition) is 2. The fourth-order valence-electron chi connectivity index (χ4n) is 2.68. The first-order valence-electron chi connectivity index (χ1n) is 7.28. The van der Waals surface area contributed by atoms with Crippen molar-refractivity contribution >= 4 is 0 Å². The average molecular weight is 224 g/mol. The topological polar surface area (TPSA) is 24.1 Å². The van der Waals surface area contributed by atoms with Crippen molar-refractivity contribution in [3.05, 3.63) is 0 Å². The highest BCUT2D eigenvalue weighted by atomic mass is 15.0. The molecule has 0 spiro atoms. The minimum Gasteiger partial charge on any atom is -0.315 e. The Morgan fingerprint density at radius 3 is 2.62 bits per heavy atom. The molecule has 0 aromatic heterocycles. The van der Waals surface area contributed by atoms with E-state index in [0.717, 1.165) is 31.0 Å².